The van der Waals surface area contributed by atoms with Gasteiger partial charge in [-0.05, 0) is 50.4 Å². The summed E-state index contributed by atoms with van der Waals surface area (Å²) in [5, 5.41) is 3.50. The van der Waals surface area contributed by atoms with E-state index < -0.39 is 0 Å². The van der Waals surface area contributed by atoms with Crippen LogP contribution in [0.2, 0.25) is 0 Å². The van der Waals surface area contributed by atoms with Crippen LogP contribution in [0.4, 0.5) is 0 Å². The third kappa shape index (κ3) is 4.77. The molecule has 0 saturated carbocycles. The summed E-state index contributed by atoms with van der Waals surface area (Å²) in [5.74, 6) is 0. The molecule has 20 heavy (non-hydrogen) atoms. The Labute approximate surface area is 123 Å². The molecule has 0 bridgehead atoms. The fourth-order valence-corrected chi connectivity index (χ4v) is 2.68. The zero-order chi connectivity index (χ0) is 14.2. The lowest BCUT2D eigenvalue weighted by atomic mass is 10.0. The Hall–Kier alpha value is -1.12. The first-order valence-electron chi connectivity index (χ1n) is 7.95. The highest BCUT2D eigenvalue weighted by Crippen LogP contribution is 2.16. The normalized spacial score (nSPS) is 16.2. The molecule has 0 spiro atoms. The molecule has 1 N–H and O–H groups in total. The second kappa shape index (κ2) is 8.23. The standard InChI is InChI=1S/C18H28N2/c1-3-11-19-12-8-17-6-4-5-7-18(17)15-20-13-9-16(2)10-14-20/h4-7,9,19H,3,8,10-15H2,1-2H3. The fraction of sp³-hybridized carbons (Fsp3) is 0.556. The number of nitrogens with one attached hydrogen (secondary N) is 1. The van der Waals surface area contributed by atoms with Gasteiger partial charge in [0.2, 0.25) is 0 Å². The molecule has 1 aromatic carbocycles. The molecule has 1 aliphatic rings. The third-order valence-corrected chi connectivity index (χ3v) is 4.03. The highest BCUT2D eigenvalue weighted by molar-refractivity contribution is 5.27. The molecule has 1 heterocycles. The Morgan fingerprint density at radius 3 is 2.65 bits per heavy atom. The van der Waals surface area contributed by atoms with Gasteiger partial charge in [0, 0.05) is 19.6 Å². The summed E-state index contributed by atoms with van der Waals surface area (Å²) in [6.07, 6.45) is 5.94. The fourth-order valence-electron chi connectivity index (χ4n) is 2.68. The van der Waals surface area contributed by atoms with E-state index in [9.17, 15) is 0 Å². The second-order valence-electron chi connectivity index (χ2n) is 5.80. The molecule has 1 aliphatic heterocycles. The van der Waals surface area contributed by atoms with E-state index >= 15 is 0 Å². The van der Waals surface area contributed by atoms with Crippen molar-refractivity contribution in [3.8, 4) is 0 Å². The number of hydrogen-bond acceptors (Lipinski definition) is 2. The van der Waals surface area contributed by atoms with E-state index in [1.807, 2.05) is 0 Å². The average molecular weight is 272 g/mol. The minimum Gasteiger partial charge on any atom is -0.316 e. The molecule has 0 aromatic heterocycles. The van der Waals surface area contributed by atoms with Crippen molar-refractivity contribution in [3.05, 3.63) is 47.0 Å². The first-order valence-corrected chi connectivity index (χ1v) is 7.95. The van der Waals surface area contributed by atoms with Crippen molar-refractivity contribution in [2.75, 3.05) is 26.2 Å². The van der Waals surface area contributed by atoms with E-state index in [-0.39, 0.29) is 0 Å². The molecule has 110 valence electrons. The van der Waals surface area contributed by atoms with Gasteiger partial charge in [-0.25, -0.2) is 0 Å². The van der Waals surface area contributed by atoms with E-state index in [0.29, 0.717) is 0 Å². The smallest absolute Gasteiger partial charge is 0.0239 e. The Bertz CT molecular complexity index is 437. The van der Waals surface area contributed by atoms with Crippen LogP contribution in [-0.2, 0) is 13.0 Å². The lowest BCUT2D eigenvalue weighted by Gasteiger charge is -2.26. The van der Waals surface area contributed by atoms with E-state index in [4.69, 9.17) is 0 Å². The van der Waals surface area contributed by atoms with Gasteiger partial charge in [0.1, 0.15) is 0 Å². The molecule has 0 aliphatic carbocycles. The van der Waals surface area contributed by atoms with Crippen LogP contribution in [0.25, 0.3) is 0 Å². The third-order valence-electron chi connectivity index (χ3n) is 4.03. The van der Waals surface area contributed by atoms with Crippen LogP contribution in [0, 0.1) is 0 Å². The van der Waals surface area contributed by atoms with Gasteiger partial charge in [0.25, 0.3) is 0 Å². The highest BCUT2D eigenvalue weighted by Gasteiger charge is 2.11. The van der Waals surface area contributed by atoms with Crippen molar-refractivity contribution in [1.29, 1.82) is 0 Å². The molecule has 1 aromatic rings. The molecule has 0 fully saturated rings. The summed E-state index contributed by atoms with van der Waals surface area (Å²) in [6, 6.07) is 8.91. The highest BCUT2D eigenvalue weighted by atomic mass is 15.1. The maximum Gasteiger partial charge on any atom is 0.0239 e. The van der Waals surface area contributed by atoms with Gasteiger partial charge in [-0.15, -0.1) is 0 Å². The predicted octanol–water partition coefficient (Wildman–Crippen LogP) is 3.38. The minimum absolute atomic E-state index is 1.09. The number of rotatable bonds is 7. The topological polar surface area (TPSA) is 15.3 Å². The Morgan fingerprint density at radius 2 is 1.95 bits per heavy atom. The van der Waals surface area contributed by atoms with Crippen LogP contribution in [0.1, 0.15) is 37.8 Å². The van der Waals surface area contributed by atoms with Crippen LogP contribution in [0.15, 0.2) is 35.9 Å². The van der Waals surface area contributed by atoms with E-state index in [2.05, 4.69) is 54.4 Å². The number of benzene rings is 1. The van der Waals surface area contributed by atoms with Crippen LogP contribution in [-0.4, -0.2) is 31.1 Å². The maximum atomic E-state index is 3.50. The van der Waals surface area contributed by atoms with Crippen molar-refractivity contribution < 1.29 is 0 Å². The number of hydrogen-bond donors (Lipinski definition) is 1. The zero-order valence-corrected chi connectivity index (χ0v) is 13.0. The van der Waals surface area contributed by atoms with Gasteiger partial charge in [0.05, 0.1) is 0 Å². The lowest BCUT2D eigenvalue weighted by Crippen LogP contribution is -2.28. The first-order chi connectivity index (χ1) is 9.79. The largest absolute Gasteiger partial charge is 0.316 e. The molecule has 0 saturated heterocycles. The van der Waals surface area contributed by atoms with Crippen molar-refractivity contribution in [1.82, 2.24) is 10.2 Å². The Balaban J connectivity index is 1.90. The SMILES string of the molecule is CCCNCCc1ccccc1CN1CC=C(C)CC1. The number of nitrogens with zero attached hydrogens (tertiary/aromatic N) is 1. The molecule has 0 radical (unpaired) electrons. The van der Waals surface area contributed by atoms with Gasteiger partial charge in [-0.2, -0.15) is 0 Å². The summed E-state index contributed by atoms with van der Waals surface area (Å²) in [7, 11) is 0. The van der Waals surface area contributed by atoms with E-state index in [0.717, 1.165) is 32.6 Å². The predicted molar refractivity (Wildman–Crippen MR) is 87.0 cm³/mol. The van der Waals surface area contributed by atoms with Crippen LogP contribution >= 0.6 is 0 Å². The molecule has 0 unspecified atom stereocenters. The van der Waals surface area contributed by atoms with Crippen molar-refractivity contribution in [3.63, 3.8) is 0 Å². The van der Waals surface area contributed by atoms with Crippen molar-refractivity contribution >= 4 is 0 Å². The summed E-state index contributed by atoms with van der Waals surface area (Å²) in [6.45, 7) is 10.1. The van der Waals surface area contributed by atoms with Crippen LogP contribution in [0.5, 0.6) is 0 Å². The lowest BCUT2D eigenvalue weighted by molar-refractivity contribution is 0.285. The van der Waals surface area contributed by atoms with Crippen LogP contribution in [0.3, 0.4) is 0 Å². The minimum atomic E-state index is 1.09. The Kier molecular flexibility index (Phi) is 6.28. The van der Waals surface area contributed by atoms with E-state index in [1.54, 1.807) is 5.57 Å². The zero-order valence-electron chi connectivity index (χ0n) is 13.0. The Morgan fingerprint density at radius 1 is 1.15 bits per heavy atom. The maximum absolute atomic E-state index is 3.50. The molecular formula is C18H28N2. The summed E-state index contributed by atoms with van der Waals surface area (Å²) < 4.78 is 0. The van der Waals surface area contributed by atoms with Crippen molar-refractivity contribution in [2.24, 2.45) is 0 Å². The second-order valence-corrected chi connectivity index (χ2v) is 5.80. The molecular weight excluding hydrogens is 244 g/mol. The average Bonchev–Trinajstić information content (AvgIpc) is 2.47. The molecule has 0 amide bonds. The quantitative estimate of drug-likeness (QED) is 0.604. The summed E-state index contributed by atoms with van der Waals surface area (Å²) >= 11 is 0. The molecule has 0 atom stereocenters. The molecule has 2 rings (SSSR count). The van der Waals surface area contributed by atoms with Gasteiger partial charge in [0.15, 0.2) is 0 Å². The summed E-state index contributed by atoms with van der Waals surface area (Å²) in [5.41, 5.74) is 4.54. The van der Waals surface area contributed by atoms with Crippen molar-refractivity contribution in [2.45, 2.75) is 39.7 Å². The first kappa shape index (κ1) is 15.3. The van der Waals surface area contributed by atoms with Crippen LogP contribution < -0.4 is 5.32 Å². The van der Waals surface area contributed by atoms with Gasteiger partial charge in [-0.3, -0.25) is 4.90 Å². The van der Waals surface area contributed by atoms with Gasteiger partial charge < -0.3 is 5.32 Å². The van der Waals surface area contributed by atoms with Gasteiger partial charge >= 0.3 is 0 Å². The molecule has 2 nitrogen and oxygen atoms in total. The van der Waals surface area contributed by atoms with Gasteiger partial charge in [-0.1, -0.05) is 42.8 Å². The molecule has 2 heteroatoms. The monoisotopic (exact) mass is 272 g/mol. The van der Waals surface area contributed by atoms with E-state index in [1.165, 1.54) is 30.5 Å². The summed E-state index contributed by atoms with van der Waals surface area (Å²) in [4.78, 5) is 2.55.